The molecule has 3 aromatic carbocycles. The minimum absolute atomic E-state index is 0.00173. The Labute approximate surface area is 317 Å². The third kappa shape index (κ3) is 5.19. The molecule has 16 heteroatoms. The van der Waals surface area contributed by atoms with Gasteiger partial charge in [-0.3, -0.25) is 14.4 Å². The number of methoxy groups -OCH3 is 2. The molecular formula is C39H36ClFN6O8. The van der Waals surface area contributed by atoms with E-state index in [4.69, 9.17) is 21.1 Å². The molecule has 3 aliphatic rings. The summed E-state index contributed by atoms with van der Waals surface area (Å²) < 4.78 is 30.1. The van der Waals surface area contributed by atoms with E-state index >= 15 is 0 Å². The summed E-state index contributed by atoms with van der Waals surface area (Å²) in [6, 6.07) is 11.1. The molecule has 1 N–H and O–H groups in total. The highest BCUT2D eigenvalue weighted by Crippen LogP contribution is 2.61. The van der Waals surface area contributed by atoms with Gasteiger partial charge in [0.15, 0.2) is 11.5 Å². The number of nitrogens with zero attached hydrogens (tertiary/aromatic N) is 6. The van der Waals surface area contributed by atoms with Crippen LogP contribution in [0.4, 0.5) is 10.1 Å². The number of anilines is 1. The number of rotatable bonds is 7. The van der Waals surface area contributed by atoms with E-state index in [-0.39, 0.29) is 48.1 Å². The minimum atomic E-state index is -1.37. The molecule has 4 heterocycles. The third-order valence-corrected chi connectivity index (χ3v) is 11.8. The molecule has 0 bridgehead atoms. The first kappa shape index (κ1) is 36.0. The number of carbonyl (C=O) groups excluding carboxylic acids is 2. The summed E-state index contributed by atoms with van der Waals surface area (Å²) in [4.78, 5) is 76.3. The van der Waals surface area contributed by atoms with Gasteiger partial charge in [-0.15, -0.1) is 0 Å². The summed E-state index contributed by atoms with van der Waals surface area (Å²) in [5.74, 6) is -2.61. The van der Waals surface area contributed by atoms with Gasteiger partial charge in [0.2, 0.25) is 11.8 Å². The van der Waals surface area contributed by atoms with E-state index < -0.39 is 57.9 Å². The van der Waals surface area contributed by atoms with Gasteiger partial charge in [-0.1, -0.05) is 29.8 Å². The first-order valence-corrected chi connectivity index (χ1v) is 18.0. The number of aromatic hydroxyl groups is 1. The van der Waals surface area contributed by atoms with Crippen LogP contribution >= 0.6 is 11.6 Å². The van der Waals surface area contributed by atoms with Crippen molar-refractivity contribution in [2.75, 3.05) is 19.1 Å². The second-order valence-electron chi connectivity index (χ2n) is 14.4. The average molecular weight is 771 g/mol. The number of hydrogen-bond acceptors (Lipinski definition) is 9. The third-order valence-electron chi connectivity index (χ3n) is 11.6. The largest absolute Gasteiger partial charge is 0.508 e. The standard InChI is InChI=1S/C39H36ClFN6O8/c1-19-14-20(6-9-30(19)48)33-22-10-13-45-37(52)44(12-11-26-35(50)43(3)29-18-32(55-5)31(54-4)17-27(29)42-26)38(53)47(45)28(22)16-23-34(49)46(36(51)39(23,33)2)21-7-8-25(41)24(40)15-21/h6-10,14-15,17-18,23,28,33,48H,11-13,16H2,1-5H3. The van der Waals surface area contributed by atoms with Crippen LogP contribution in [0.3, 0.4) is 0 Å². The highest BCUT2D eigenvalue weighted by Gasteiger charge is 2.65. The zero-order valence-electron chi connectivity index (χ0n) is 30.5. The average Bonchev–Trinajstić information content (AvgIpc) is 3.53. The lowest BCUT2D eigenvalue weighted by atomic mass is 9.56. The lowest BCUT2D eigenvalue weighted by molar-refractivity contribution is -0.129. The van der Waals surface area contributed by atoms with Gasteiger partial charge in [0.25, 0.3) is 5.56 Å². The number of hydrogen-bond donors (Lipinski definition) is 1. The monoisotopic (exact) mass is 770 g/mol. The molecule has 4 atom stereocenters. The SMILES string of the molecule is COc1cc2nc(CCn3c(=O)n4n(c3=O)C3CC5C(=O)N(c6ccc(F)c(Cl)c6)C(=O)C5(C)C(c5ccc(O)c(C)c5)C3=CC4)c(=O)n(C)c2cc1OC. The Morgan fingerprint density at radius 2 is 1.73 bits per heavy atom. The zero-order valence-corrected chi connectivity index (χ0v) is 31.3. The molecule has 4 unspecified atom stereocenters. The van der Waals surface area contributed by atoms with Crippen molar-refractivity contribution < 1.29 is 28.6 Å². The van der Waals surface area contributed by atoms with E-state index in [1.165, 1.54) is 46.3 Å². The van der Waals surface area contributed by atoms with Crippen LogP contribution in [-0.2, 0) is 36.1 Å². The Balaban J connectivity index is 1.21. The topological polar surface area (TPSA) is 160 Å². The molecule has 2 amide bonds. The van der Waals surface area contributed by atoms with Crippen molar-refractivity contribution >= 4 is 40.1 Å². The number of imide groups is 1. The maximum absolute atomic E-state index is 14.6. The molecule has 14 nitrogen and oxygen atoms in total. The molecule has 2 aliphatic heterocycles. The van der Waals surface area contributed by atoms with Gasteiger partial charge in [0.05, 0.1) is 59.9 Å². The number of ether oxygens (including phenoxy) is 2. The second-order valence-corrected chi connectivity index (χ2v) is 14.8. The maximum atomic E-state index is 14.6. The number of aromatic nitrogens is 5. The molecular weight excluding hydrogens is 735 g/mol. The number of amides is 2. The van der Waals surface area contributed by atoms with Crippen molar-refractivity contribution in [1.29, 1.82) is 0 Å². The number of carbonyl (C=O) groups is 2. The van der Waals surface area contributed by atoms with E-state index in [2.05, 4.69) is 4.98 Å². The van der Waals surface area contributed by atoms with Crippen LogP contribution in [-0.4, -0.2) is 54.6 Å². The fourth-order valence-electron chi connectivity index (χ4n) is 8.71. The Morgan fingerprint density at radius 1 is 1.00 bits per heavy atom. The van der Waals surface area contributed by atoms with Gasteiger partial charge < -0.3 is 19.1 Å². The van der Waals surface area contributed by atoms with Crippen LogP contribution < -0.4 is 31.3 Å². The van der Waals surface area contributed by atoms with Gasteiger partial charge in [0, 0.05) is 38.1 Å². The quantitative estimate of drug-likeness (QED) is 0.191. The number of benzene rings is 3. The molecule has 2 aromatic heterocycles. The molecule has 55 heavy (non-hydrogen) atoms. The zero-order chi connectivity index (χ0) is 39.2. The lowest BCUT2D eigenvalue weighted by Crippen LogP contribution is -2.49. The number of fused-ring (bicyclic) bond motifs is 5. The van der Waals surface area contributed by atoms with Crippen molar-refractivity contribution in [3.8, 4) is 17.2 Å². The second kappa shape index (κ2) is 12.8. The van der Waals surface area contributed by atoms with Crippen molar-refractivity contribution in [3.05, 3.63) is 119 Å². The number of allylic oxidation sites excluding steroid dienone is 2. The smallest absolute Gasteiger partial charge is 0.347 e. The highest BCUT2D eigenvalue weighted by atomic mass is 35.5. The molecule has 0 spiro atoms. The Hall–Kier alpha value is -5.96. The first-order chi connectivity index (χ1) is 26.2. The first-order valence-electron chi connectivity index (χ1n) is 17.6. The van der Waals surface area contributed by atoms with Crippen LogP contribution in [0.25, 0.3) is 11.0 Å². The molecule has 2 fully saturated rings. The lowest BCUT2D eigenvalue weighted by Gasteiger charge is -2.47. The van der Waals surface area contributed by atoms with E-state index in [0.717, 1.165) is 15.5 Å². The van der Waals surface area contributed by atoms with Crippen molar-refractivity contribution in [2.24, 2.45) is 18.4 Å². The Morgan fingerprint density at radius 3 is 2.42 bits per heavy atom. The molecule has 5 aromatic rings. The van der Waals surface area contributed by atoms with Gasteiger partial charge in [-0.2, -0.15) is 0 Å². The predicted molar refractivity (Wildman–Crippen MR) is 200 cm³/mol. The van der Waals surface area contributed by atoms with Crippen LogP contribution in [0.1, 0.15) is 42.1 Å². The number of aryl methyl sites for hydroxylation is 3. The van der Waals surface area contributed by atoms with E-state index in [0.29, 0.717) is 39.2 Å². The van der Waals surface area contributed by atoms with Crippen LogP contribution in [0, 0.1) is 24.1 Å². The normalized spacial score (nSPS) is 21.7. The Bertz CT molecular complexity index is 2710. The number of phenols is 1. The molecule has 284 valence electrons. The predicted octanol–water partition coefficient (Wildman–Crippen LogP) is 3.99. The molecule has 1 saturated heterocycles. The number of halogens is 2. The van der Waals surface area contributed by atoms with Crippen molar-refractivity contribution in [3.63, 3.8) is 0 Å². The van der Waals surface area contributed by atoms with Gasteiger partial charge >= 0.3 is 11.4 Å². The molecule has 1 saturated carbocycles. The van der Waals surface area contributed by atoms with E-state index in [1.807, 2.05) is 6.08 Å². The summed E-state index contributed by atoms with van der Waals surface area (Å²) in [5, 5.41) is 10.2. The van der Waals surface area contributed by atoms with Gasteiger partial charge in [-0.25, -0.2) is 37.8 Å². The van der Waals surface area contributed by atoms with Crippen LogP contribution in [0.2, 0.25) is 5.02 Å². The van der Waals surface area contributed by atoms with E-state index in [9.17, 15) is 33.5 Å². The van der Waals surface area contributed by atoms with Gasteiger partial charge in [0.1, 0.15) is 17.3 Å². The summed E-state index contributed by atoms with van der Waals surface area (Å²) in [6.07, 6.45) is 1.79. The minimum Gasteiger partial charge on any atom is -0.508 e. The fourth-order valence-corrected chi connectivity index (χ4v) is 8.89. The molecule has 8 rings (SSSR count). The Kier molecular flexibility index (Phi) is 8.40. The van der Waals surface area contributed by atoms with Crippen LogP contribution in [0.5, 0.6) is 17.2 Å². The molecule has 0 radical (unpaired) electrons. The highest BCUT2D eigenvalue weighted by molar-refractivity contribution is 6.31. The van der Waals surface area contributed by atoms with Crippen molar-refractivity contribution in [2.45, 2.75) is 51.7 Å². The molecule has 1 aliphatic carbocycles. The summed E-state index contributed by atoms with van der Waals surface area (Å²) >= 11 is 6.09. The number of phenolic OH excluding ortho intramolecular Hbond substituents is 1. The fraction of sp³-hybridized carbons (Fsp3) is 0.333. The summed E-state index contributed by atoms with van der Waals surface area (Å²) in [5.41, 5.74) is 0.0212. The van der Waals surface area contributed by atoms with Crippen molar-refractivity contribution in [1.82, 2.24) is 23.5 Å². The summed E-state index contributed by atoms with van der Waals surface area (Å²) in [6.45, 7) is 3.27. The maximum Gasteiger partial charge on any atom is 0.347 e. The summed E-state index contributed by atoms with van der Waals surface area (Å²) in [7, 11) is 4.57. The van der Waals surface area contributed by atoms with E-state index in [1.54, 1.807) is 45.2 Å². The van der Waals surface area contributed by atoms with Crippen LogP contribution in [0.15, 0.2) is 74.6 Å². The van der Waals surface area contributed by atoms with Gasteiger partial charge in [-0.05, 0) is 61.2 Å².